The van der Waals surface area contributed by atoms with Gasteiger partial charge in [-0.1, -0.05) is 50.2 Å². The predicted octanol–water partition coefficient (Wildman–Crippen LogP) is 2.62. The molecule has 0 N–H and O–H groups in total. The molecular weight excluding hydrogens is 193 g/mol. The van der Waals surface area contributed by atoms with E-state index in [0.717, 1.165) is 5.69 Å². The van der Waals surface area contributed by atoms with Gasteiger partial charge >= 0.3 is 0 Å². The third kappa shape index (κ3) is 2.33. The molecule has 0 fully saturated rings. The van der Waals surface area contributed by atoms with Gasteiger partial charge in [0.25, 0.3) is 0 Å². The van der Waals surface area contributed by atoms with Crippen molar-refractivity contribution in [2.45, 2.75) is 19.2 Å². The van der Waals surface area contributed by atoms with Crippen molar-refractivity contribution in [1.29, 1.82) is 0 Å². The minimum Gasteiger partial charge on any atom is -0.256 e. The lowest BCUT2D eigenvalue weighted by Gasteiger charge is -2.18. The van der Waals surface area contributed by atoms with Crippen LogP contribution in [0.5, 0.6) is 0 Å². The molecule has 0 atom stereocenters. The van der Waals surface area contributed by atoms with Gasteiger partial charge < -0.3 is 0 Å². The van der Waals surface area contributed by atoms with Crippen LogP contribution in [0.4, 0.5) is 0 Å². The van der Waals surface area contributed by atoms with Crippen LogP contribution in [0.1, 0.15) is 19.4 Å². The Balaban J connectivity index is 2.34. The number of hydrogen-bond donors (Lipinski definition) is 0. The van der Waals surface area contributed by atoms with E-state index < -0.39 is 0 Å². The van der Waals surface area contributed by atoms with Crippen LogP contribution in [-0.4, -0.2) is 12.8 Å². The number of rotatable bonds is 2. The third-order valence-electron chi connectivity index (χ3n) is 2.70. The van der Waals surface area contributed by atoms with Crippen LogP contribution < -0.4 is 0 Å². The van der Waals surface area contributed by atoms with Crippen molar-refractivity contribution in [3.8, 4) is 11.3 Å². The van der Waals surface area contributed by atoms with Gasteiger partial charge in [0.15, 0.2) is 0 Å². The number of hydrogen-bond acceptors (Lipinski definition) is 1. The lowest BCUT2D eigenvalue weighted by Crippen LogP contribution is -2.16. The first-order valence-corrected chi connectivity index (χ1v) is 5.59. The van der Waals surface area contributed by atoms with E-state index in [1.165, 1.54) is 11.1 Å². The van der Waals surface area contributed by atoms with Crippen molar-refractivity contribution in [3.63, 3.8) is 0 Å². The molecule has 2 aromatic rings. The Kier molecular flexibility index (Phi) is 2.82. The molecule has 0 saturated heterocycles. The normalized spacial score (nSPS) is 11.4. The Labute approximate surface area is 98.0 Å². The van der Waals surface area contributed by atoms with Gasteiger partial charge in [-0.15, -0.1) is 0 Å². The fraction of sp³-hybridized carbons (Fsp3) is 0.214. The lowest BCUT2D eigenvalue weighted by molar-refractivity contribution is 0.759. The highest BCUT2D eigenvalue weighted by Gasteiger charge is 2.13. The van der Waals surface area contributed by atoms with Crippen LogP contribution in [0.15, 0.2) is 48.7 Å². The van der Waals surface area contributed by atoms with Crippen molar-refractivity contribution >= 4 is 7.85 Å². The molecule has 16 heavy (non-hydrogen) atoms. The second kappa shape index (κ2) is 4.13. The van der Waals surface area contributed by atoms with E-state index in [1.807, 2.05) is 24.4 Å². The Morgan fingerprint density at radius 1 is 1.00 bits per heavy atom. The summed E-state index contributed by atoms with van der Waals surface area (Å²) in [4.78, 5) is 4.52. The molecule has 0 radical (unpaired) electrons. The number of aromatic nitrogens is 1. The van der Waals surface area contributed by atoms with Gasteiger partial charge in [0.05, 0.1) is 5.69 Å². The predicted molar refractivity (Wildman–Crippen MR) is 71.2 cm³/mol. The Hall–Kier alpha value is -1.57. The van der Waals surface area contributed by atoms with Crippen LogP contribution in [0, 0.1) is 0 Å². The molecule has 0 saturated carbocycles. The summed E-state index contributed by atoms with van der Waals surface area (Å²) in [6, 6.07) is 14.5. The summed E-state index contributed by atoms with van der Waals surface area (Å²) in [5, 5.41) is 0.169. The second-order valence-corrected chi connectivity index (χ2v) is 5.05. The maximum atomic E-state index is 4.52. The summed E-state index contributed by atoms with van der Waals surface area (Å²) in [7, 11) is 2.20. The van der Waals surface area contributed by atoms with Crippen LogP contribution in [0.2, 0.25) is 0 Å². The van der Waals surface area contributed by atoms with Crippen LogP contribution >= 0.6 is 0 Å². The zero-order chi connectivity index (χ0) is 11.6. The molecule has 0 amide bonds. The first kappa shape index (κ1) is 10.9. The number of benzene rings is 1. The smallest absolute Gasteiger partial charge is 0.114 e. The average molecular weight is 209 g/mol. The summed E-state index contributed by atoms with van der Waals surface area (Å²) in [5.41, 5.74) is 3.48. The maximum Gasteiger partial charge on any atom is 0.114 e. The molecule has 0 bridgehead atoms. The summed E-state index contributed by atoms with van der Waals surface area (Å²) in [6.07, 6.45) is 1.97. The van der Waals surface area contributed by atoms with E-state index in [0.29, 0.717) is 0 Å². The van der Waals surface area contributed by atoms with Gasteiger partial charge in [-0.25, -0.2) is 0 Å². The van der Waals surface area contributed by atoms with Gasteiger partial charge in [-0.2, -0.15) is 0 Å². The van der Waals surface area contributed by atoms with Gasteiger partial charge in [-0.3, -0.25) is 4.98 Å². The molecule has 0 unspecified atom stereocenters. The van der Waals surface area contributed by atoms with Crippen molar-refractivity contribution in [2.75, 3.05) is 0 Å². The molecular formula is C14H16BN. The van der Waals surface area contributed by atoms with Crippen molar-refractivity contribution in [2.24, 2.45) is 0 Å². The molecule has 0 aliphatic heterocycles. The SMILES string of the molecule is BC(C)(C)c1ccc(-c2ccccc2)nc1. The molecule has 0 aliphatic rings. The molecule has 1 nitrogen and oxygen atoms in total. The number of nitrogens with zero attached hydrogens (tertiary/aromatic N) is 1. The van der Waals surface area contributed by atoms with Crippen LogP contribution in [-0.2, 0) is 5.31 Å². The van der Waals surface area contributed by atoms with Gasteiger partial charge in [0, 0.05) is 11.8 Å². The second-order valence-electron chi connectivity index (χ2n) is 5.05. The standard InChI is InChI=1S/C14H16BN/c1-14(2,15)12-8-9-13(16-10-12)11-6-4-3-5-7-11/h3-10H,15H2,1-2H3. The fourth-order valence-electron chi connectivity index (χ4n) is 1.62. The highest BCUT2D eigenvalue weighted by atomic mass is 14.7. The van der Waals surface area contributed by atoms with Gasteiger partial charge in [0.1, 0.15) is 7.85 Å². The Morgan fingerprint density at radius 3 is 2.19 bits per heavy atom. The Bertz CT molecular complexity index is 454. The largest absolute Gasteiger partial charge is 0.256 e. The summed E-state index contributed by atoms with van der Waals surface area (Å²) < 4.78 is 0. The monoisotopic (exact) mass is 209 g/mol. The van der Waals surface area contributed by atoms with Crippen molar-refractivity contribution in [1.82, 2.24) is 4.98 Å². The molecule has 1 aromatic carbocycles. The van der Waals surface area contributed by atoms with Crippen molar-refractivity contribution in [3.05, 3.63) is 54.2 Å². The molecule has 0 spiro atoms. The molecule has 2 heteroatoms. The third-order valence-corrected chi connectivity index (χ3v) is 2.70. The fourth-order valence-corrected chi connectivity index (χ4v) is 1.62. The minimum absolute atomic E-state index is 0.169. The molecule has 2 rings (SSSR count). The van der Waals surface area contributed by atoms with Crippen LogP contribution in [0.3, 0.4) is 0 Å². The van der Waals surface area contributed by atoms with E-state index in [-0.39, 0.29) is 5.31 Å². The van der Waals surface area contributed by atoms with E-state index in [1.54, 1.807) is 0 Å². The zero-order valence-corrected chi connectivity index (χ0v) is 10.1. The highest BCUT2D eigenvalue weighted by molar-refractivity contribution is 6.15. The van der Waals surface area contributed by atoms with Crippen molar-refractivity contribution < 1.29 is 0 Å². The highest BCUT2D eigenvalue weighted by Crippen LogP contribution is 2.21. The quantitative estimate of drug-likeness (QED) is 0.693. The van der Waals surface area contributed by atoms with E-state index in [9.17, 15) is 0 Å². The summed E-state index contributed by atoms with van der Waals surface area (Å²) in [5.74, 6) is 0. The lowest BCUT2D eigenvalue weighted by atomic mass is 9.68. The van der Waals surface area contributed by atoms with Crippen LogP contribution in [0.25, 0.3) is 11.3 Å². The molecule has 1 heterocycles. The van der Waals surface area contributed by atoms with E-state index >= 15 is 0 Å². The summed E-state index contributed by atoms with van der Waals surface area (Å²) in [6.45, 7) is 4.40. The van der Waals surface area contributed by atoms with E-state index in [4.69, 9.17) is 0 Å². The molecule has 1 aromatic heterocycles. The minimum atomic E-state index is 0.169. The maximum absolute atomic E-state index is 4.52. The molecule has 0 aliphatic carbocycles. The zero-order valence-electron chi connectivity index (χ0n) is 10.1. The molecule has 80 valence electrons. The van der Waals surface area contributed by atoms with Gasteiger partial charge in [-0.05, 0) is 16.9 Å². The topological polar surface area (TPSA) is 12.9 Å². The van der Waals surface area contributed by atoms with Gasteiger partial charge in [0.2, 0.25) is 0 Å². The number of pyridine rings is 1. The average Bonchev–Trinajstić information content (AvgIpc) is 2.29. The Morgan fingerprint density at radius 2 is 1.69 bits per heavy atom. The van der Waals surface area contributed by atoms with E-state index in [2.05, 4.69) is 50.9 Å². The first-order chi connectivity index (χ1) is 7.57. The summed E-state index contributed by atoms with van der Waals surface area (Å²) >= 11 is 0. The first-order valence-electron chi connectivity index (χ1n) is 5.59.